The minimum atomic E-state index is 0.0805. The number of nitrogens with zero attached hydrogens (tertiary/aromatic N) is 2. The van der Waals surface area contributed by atoms with E-state index in [9.17, 15) is 0 Å². The predicted octanol–water partition coefficient (Wildman–Crippen LogP) is 1.43. The van der Waals surface area contributed by atoms with Gasteiger partial charge in [0.25, 0.3) is 0 Å². The number of rotatable bonds is 4. The summed E-state index contributed by atoms with van der Waals surface area (Å²) in [7, 11) is 0. The summed E-state index contributed by atoms with van der Waals surface area (Å²) in [5.41, 5.74) is 0. The van der Waals surface area contributed by atoms with E-state index >= 15 is 0 Å². The van der Waals surface area contributed by atoms with Crippen molar-refractivity contribution in [1.29, 1.82) is 0 Å². The molecule has 0 aliphatic carbocycles. The number of hydrogen-bond donors (Lipinski definition) is 1. The summed E-state index contributed by atoms with van der Waals surface area (Å²) in [6.45, 7) is 0.0805. The molecule has 1 aliphatic heterocycles. The first kappa shape index (κ1) is 11.0. The van der Waals surface area contributed by atoms with Gasteiger partial charge in [0.2, 0.25) is 5.89 Å². The van der Waals surface area contributed by atoms with E-state index in [0.29, 0.717) is 17.5 Å². The van der Waals surface area contributed by atoms with Gasteiger partial charge in [-0.05, 0) is 18.6 Å². The van der Waals surface area contributed by atoms with Gasteiger partial charge in [0.15, 0.2) is 5.82 Å². The molecule has 0 saturated carbocycles. The van der Waals surface area contributed by atoms with Gasteiger partial charge < -0.3 is 9.63 Å². The lowest BCUT2D eigenvalue weighted by Gasteiger charge is -2.19. The fourth-order valence-corrected chi connectivity index (χ4v) is 3.04. The van der Waals surface area contributed by atoms with Crippen molar-refractivity contribution in [1.82, 2.24) is 10.1 Å². The number of thioether (sulfide) groups is 1. The predicted molar refractivity (Wildman–Crippen MR) is 58.9 cm³/mol. The Morgan fingerprint density at radius 3 is 3.13 bits per heavy atom. The van der Waals surface area contributed by atoms with E-state index in [-0.39, 0.29) is 6.61 Å². The minimum absolute atomic E-state index is 0.0805. The topological polar surface area (TPSA) is 59.2 Å². The van der Waals surface area contributed by atoms with Gasteiger partial charge in [-0.3, -0.25) is 0 Å². The van der Waals surface area contributed by atoms with Crippen molar-refractivity contribution in [2.24, 2.45) is 0 Å². The molecule has 1 fully saturated rings. The molecule has 1 N–H and O–H groups in total. The summed E-state index contributed by atoms with van der Waals surface area (Å²) >= 11 is 2.00. The van der Waals surface area contributed by atoms with Gasteiger partial charge in [-0.15, -0.1) is 0 Å². The maximum absolute atomic E-state index is 8.72. The highest BCUT2D eigenvalue weighted by Crippen LogP contribution is 2.27. The van der Waals surface area contributed by atoms with Crippen LogP contribution in [0.2, 0.25) is 0 Å². The lowest BCUT2D eigenvalue weighted by atomic mass is 10.1. The fraction of sp³-hybridized carbons (Fsp3) is 0.800. The summed E-state index contributed by atoms with van der Waals surface area (Å²) in [5.74, 6) is 2.59. The highest BCUT2D eigenvalue weighted by atomic mass is 32.2. The van der Waals surface area contributed by atoms with E-state index < -0.39 is 0 Å². The molecular weight excluding hydrogens is 212 g/mol. The van der Waals surface area contributed by atoms with Crippen LogP contribution in [0.3, 0.4) is 0 Å². The van der Waals surface area contributed by atoms with Crippen LogP contribution in [0, 0.1) is 0 Å². The second-order valence-electron chi connectivity index (χ2n) is 3.77. The molecule has 1 unspecified atom stereocenters. The maximum atomic E-state index is 8.72. The molecule has 0 radical (unpaired) electrons. The normalized spacial score (nSPS) is 21.8. The van der Waals surface area contributed by atoms with E-state index in [1.54, 1.807) is 0 Å². The quantitative estimate of drug-likeness (QED) is 0.845. The molecule has 0 amide bonds. The largest absolute Gasteiger partial charge is 0.396 e. The molecule has 1 aliphatic rings. The van der Waals surface area contributed by atoms with Crippen molar-refractivity contribution < 1.29 is 9.63 Å². The smallest absolute Gasteiger partial charge is 0.227 e. The summed E-state index contributed by atoms with van der Waals surface area (Å²) in [6.07, 6.45) is 5.27. The van der Waals surface area contributed by atoms with Crippen LogP contribution in [-0.4, -0.2) is 32.9 Å². The first-order valence-corrected chi connectivity index (χ1v) is 6.47. The Labute approximate surface area is 93.4 Å². The van der Waals surface area contributed by atoms with Gasteiger partial charge >= 0.3 is 0 Å². The van der Waals surface area contributed by atoms with Crippen LogP contribution in [0.15, 0.2) is 4.52 Å². The zero-order valence-electron chi connectivity index (χ0n) is 8.69. The van der Waals surface area contributed by atoms with Crippen LogP contribution >= 0.6 is 11.8 Å². The van der Waals surface area contributed by atoms with Crippen LogP contribution in [0.1, 0.15) is 31.0 Å². The minimum Gasteiger partial charge on any atom is -0.396 e. The highest BCUT2D eigenvalue weighted by Gasteiger charge is 2.17. The molecule has 0 spiro atoms. The molecule has 4 nitrogen and oxygen atoms in total. The number of aliphatic hydroxyl groups is 1. The standard InChI is InChI=1S/C10H16N2O2S/c13-5-4-9-11-10(14-12-9)7-8-3-1-2-6-15-8/h8,13H,1-7H2. The molecule has 1 aromatic heterocycles. The Kier molecular flexibility index (Phi) is 4.02. The van der Waals surface area contributed by atoms with Crippen LogP contribution in [0.5, 0.6) is 0 Å². The molecule has 0 bridgehead atoms. The van der Waals surface area contributed by atoms with Crippen LogP contribution in [0.4, 0.5) is 0 Å². The Bertz CT molecular complexity index is 297. The van der Waals surface area contributed by atoms with Crippen LogP contribution in [0.25, 0.3) is 0 Å². The molecule has 15 heavy (non-hydrogen) atoms. The molecule has 1 saturated heterocycles. The van der Waals surface area contributed by atoms with Gasteiger partial charge in [0.1, 0.15) is 0 Å². The number of hydrogen-bond acceptors (Lipinski definition) is 5. The zero-order valence-corrected chi connectivity index (χ0v) is 9.50. The van der Waals surface area contributed by atoms with Crippen molar-refractivity contribution in [3.8, 4) is 0 Å². The summed E-state index contributed by atoms with van der Waals surface area (Å²) < 4.78 is 5.13. The van der Waals surface area contributed by atoms with Gasteiger partial charge in [-0.25, -0.2) is 0 Å². The van der Waals surface area contributed by atoms with Crippen LogP contribution < -0.4 is 0 Å². The maximum Gasteiger partial charge on any atom is 0.227 e. The number of aliphatic hydroxyl groups excluding tert-OH is 1. The zero-order chi connectivity index (χ0) is 10.5. The molecule has 2 heterocycles. The van der Waals surface area contributed by atoms with E-state index in [1.807, 2.05) is 11.8 Å². The average Bonchev–Trinajstić information content (AvgIpc) is 2.68. The third-order valence-electron chi connectivity index (χ3n) is 2.52. The summed E-state index contributed by atoms with van der Waals surface area (Å²) in [5, 5.41) is 13.2. The fourth-order valence-electron chi connectivity index (χ4n) is 1.74. The summed E-state index contributed by atoms with van der Waals surface area (Å²) in [6, 6.07) is 0. The molecular formula is C10H16N2O2S. The molecule has 84 valence electrons. The van der Waals surface area contributed by atoms with Gasteiger partial charge in [0, 0.05) is 18.1 Å². The van der Waals surface area contributed by atoms with E-state index in [0.717, 1.165) is 12.3 Å². The second-order valence-corrected chi connectivity index (χ2v) is 5.18. The Morgan fingerprint density at radius 1 is 1.47 bits per heavy atom. The Morgan fingerprint density at radius 2 is 2.40 bits per heavy atom. The Balaban J connectivity index is 1.86. The molecule has 1 aromatic rings. The van der Waals surface area contributed by atoms with E-state index in [2.05, 4.69) is 10.1 Å². The first-order chi connectivity index (χ1) is 7.38. The van der Waals surface area contributed by atoms with E-state index in [4.69, 9.17) is 9.63 Å². The Hall–Kier alpha value is -0.550. The SMILES string of the molecule is OCCc1noc(CC2CCCCS2)n1. The lowest BCUT2D eigenvalue weighted by Crippen LogP contribution is -2.12. The summed E-state index contributed by atoms with van der Waals surface area (Å²) in [4.78, 5) is 4.24. The van der Waals surface area contributed by atoms with Crippen molar-refractivity contribution in [3.63, 3.8) is 0 Å². The monoisotopic (exact) mass is 228 g/mol. The molecule has 2 rings (SSSR count). The molecule has 0 aromatic carbocycles. The van der Waals surface area contributed by atoms with Gasteiger partial charge in [-0.2, -0.15) is 16.7 Å². The second kappa shape index (κ2) is 5.51. The van der Waals surface area contributed by atoms with Gasteiger partial charge in [0.05, 0.1) is 6.61 Å². The van der Waals surface area contributed by atoms with Crippen molar-refractivity contribution in [3.05, 3.63) is 11.7 Å². The van der Waals surface area contributed by atoms with Crippen LogP contribution in [-0.2, 0) is 12.8 Å². The first-order valence-electron chi connectivity index (χ1n) is 5.42. The lowest BCUT2D eigenvalue weighted by molar-refractivity contribution is 0.292. The molecule has 1 atom stereocenters. The average molecular weight is 228 g/mol. The number of aromatic nitrogens is 2. The van der Waals surface area contributed by atoms with Crippen molar-refractivity contribution >= 4 is 11.8 Å². The van der Waals surface area contributed by atoms with Crippen molar-refractivity contribution in [2.45, 2.75) is 37.4 Å². The van der Waals surface area contributed by atoms with E-state index in [1.165, 1.54) is 25.0 Å². The molecule has 5 heteroatoms. The van der Waals surface area contributed by atoms with Gasteiger partial charge in [-0.1, -0.05) is 11.6 Å². The third-order valence-corrected chi connectivity index (χ3v) is 3.92. The van der Waals surface area contributed by atoms with Crippen molar-refractivity contribution in [2.75, 3.05) is 12.4 Å². The third kappa shape index (κ3) is 3.21. The highest BCUT2D eigenvalue weighted by molar-refractivity contribution is 7.99.